The van der Waals surface area contributed by atoms with E-state index in [0.29, 0.717) is 5.52 Å². The van der Waals surface area contributed by atoms with E-state index in [-0.39, 0.29) is 10.9 Å². The number of carbonyl (C=O) groups excluding carboxylic acids is 2. The Labute approximate surface area is 97.0 Å². The molecule has 0 bridgehead atoms. The number of aromatic amines is 1. The molecule has 4 nitrogen and oxygen atoms in total. The molecule has 0 saturated carbocycles. The number of benzene rings is 1. The van der Waals surface area contributed by atoms with Crippen molar-refractivity contribution in [3.05, 3.63) is 35.8 Å². The molecule has 88 valence electrons. The van der Waals surface area contributed by atoms with Crippen LogP contribution in [0.15, 0.2) is 24.4 Å². The summed E-state index contributed by atoms with van der Waals surface area (Å²) in [4.78, 5) is 27.3. The van der Waals surface area contributed by atoms with Gasteiger partial charge in [-0.2, -0.15) is 0 Å². The number of fused-ring (bicyclic) bond motifs is 1. The van der Waals surface area contributed by atoms with Crippen LogP contribution in [0.2, 0.25) is 0 Å². The second-order valence-corrected chi connectivity index (χ2v) is 3.89. The van der Waals surface area contributed by atoms with E-state index in [2.05, 4.69) is 4.98 Å². The molecule has 0 aliphatic rings. The van der Waals surface area contributed by atoms with Gasteiger partial charge in [-0.3, -0.25) is 9.59 Å². The first-order valence-electron chi connectivity index (χ1n) is 5.04. The number of hydrogen-bond acceptors (Lipinski definition) is 2. The molecule has 0 saturated heterocycles. The molecule has 0 spiro atoms. The van der Waals surface area contributed by atoms with Crippen molar-refractivity contribution >= 4 is 22.6 Å². The van der Waals surface area contributed by atoms with Crippen LogP contribution in [0.1, 0.15) is 10.4 Å². The van der Waals surface area contributed by atoms with Gasteiger partial charge in [-0.05, 0) is 12.1 Å². The normalized spacial score (nSPS) is 10.5. The van der Waals surface area contributed by atoms with E-state index in [4.69, 9.17) is 0 Å². The number of carbonyl (C=O) groups is 2. The Morgan fingerprint density at radius 3 is 2.65 bits per heavy atom. The van der Waals surface area contributed by atoms with Crippen molar-refractivity contribution in [3.63, 3.8) is 0 Å². The van der Waals surface area contributed by atoms with Crippen LogP contribution in [0.5, 0.6) is 0 Å². The van der Waals surface area contributed by atoms with Crippen LogP contribution in [0, 0.1) is 5.82 Å². The molecule has 0 atom stereocenters. The number of Topliss-reactive ketones (excluding diaryl/α,β-unsaturated/α-hetero) is 1. The Morgan fingerprint density at radius 2 is 2.00 bits per heavy atom. The lowest BCUT2D eigenvalue weighted by Crippen LogP contribution is -2.29. The van der Waals surface area contributed by atoms with E-state index < -0.39 is 17.5 Å². The summed E-state index contributed by atoms with van der Waals surface area (Å²) in [6, 6.07) is 4.44. The summed E-state index contributed by atoms with van der Waals surface area (Å²) in [6.45, 7) is 0. The van der Waals surface area contributed by atoms with Crippen LogP contribution < -0.4 is 0 Å². The minimum atomic E-state index is -0.716. The number of amides is 1. The van der Waals surface area contributed by atoms with Crippen LogP contribution in [-0.2, 0) is 4.79 Å². The Morgan fingerprint density at radius 1 is 1.29 bits per heavy atom. The van der Waals surface area contributed by atoms with Gasteiger partial charge in [-0.25, -0.2) is 4.39 Å². The predicted molar refractivity (Wildman–Crippen MR) is 61.3 cm³/mol. The van der Waals surface area contributed by atoms with Crippen molar-refractivity contribution in [2.24, 2.45) is 0 Å². The van der Waals surface area contributed by atoms with Gasteiger partial charge in [0, 0.05) is 31.2 Å². The zero-order valence-electron chi connectivity index (χ0n) is 9.45. The number of nitrogens with one attached hydrogen (secondary N) is 1. The zero-order valence-corrected chi connectivity index (χ0v) is 9.45. The number of likely N-dealkylation sites (N-methyl/N-ethyl adjacent to an activating group) is 1. The van der Waals surface area contributed by atoms with Gasteiger partial charge in [0.1, 0.15) is 5.82 Å². The third-order valence-electron chi connectivity index (χ3n) is 2.50. The van der Waals surface area contributed by atoms with Gasteiger partial charge >= 0.3 is 0 Å². The fraction of sp³-hybridized carbons (Fsp3) is 0.167. The fourth-order valence-electron chi connectivity index (χ4n) is 1.64. The molecule has 0 radical (unpaired) electrons. The summed E-state index contributed by atoms with van der Waals surface area (Å²) in [5.41, 5.74) is 0.566. The van der Waals surface area contributed by atoms with Crippen molar-refractivity contribution in [1.82, 2.24) is 9.88 Å². The predicted octanol–water partition coefficient (Wildman–Crippen LogP) is 1.58. The molecule has 1 heterocycles. The molecule has 0 aliphatic heterocycles. The van der Waals surface area contributed by atoms with Crippen LogP contribution in [0.4, 0.5) is 4.39 Å². The van der Waals surface area contributed by atoms with E-state index >= 15 is 0 Å². The average molecular weight is 234 g/mol. The fourth-order valence-corrected chi connectivity index (χ4v) is 1.64. The van der Waals surface area contributed by atoms with Gasteiger partial charge in [0.2, 0.25) is 0 Å². The summed E-state index contributed by atoms with van der Waals surface area (Å²) >= 11 is 0. The lowest BCUT2D eigenvalue weighted by Gasteiger charge is -2.08. The first-order chi connectivity index (χ1) is 8.02. The molecule has 2 rings (SSSR count). The number of halogens is 1. The monoisotopic (exact) mass is 234 g/mol. The largest absolute Gasteiger partial charge is 0.360 e. The lowest BCUT2D eigenvalue weighted by atomic mass is 10.1. The van der Waals surface area contributed by atoms with Crippen molar-refractivity contribution in [1.29, 1.82) is 0 Å². The number of H-pyrrole nitrogens is 1. The van der Waals surface area contributed by atoms with Crippen LogP contribution in [0.3, 0.4) is 0 Å². The molecule has 0 unspecified atom stereocenters. The maximum atomic E-state index is 13.6. The van der Waals surface area contributed by atoms with Gasteiger partial charge in [0.25, 0.3) is 11.7 Å². The van der Waals surface area contributed by atoms with Gasteiger partial charge < -0.3 is 9.88 Å². The van der Waals surface area contributed by atoms with Crippen molar-refractivity contribution in [2.75, 3.05) is 14.1 Å². The Hall–Kier alpha value is -2.17. The standard InChI is InChI=1S/C12H11FN2O2/c1-15(2)12(17)11(16)7-6-14-9-5-3-4-8(13)10(7)9/h3-6,14H,1-2H3. The number of aromatic nitrogens is 1. The molecule has 0 aliphatic carbocycles. The summed E-state index contributed by atoms with van der Waals surface area (Å²) in [5, 5.41) is 0.160. The molecule has 1 aromatic carbocycles. The minimum Gasteiger partial charge on any atom is -0.360 e. The average Bonchev–Trinajstić information content (AvgIpc) is 2.72. The molecule has 5 heteroatoms. The Balaban J connectivity index is 2.57. The van der Waals surface area contributed by atoms with E-state index in [9.17, 15) is 14.0 Å². The third kappa shape index (κ3) is 1.80. The van der Waals surface area contributed by atoms with Crippen molar-refractivity contribution in [2.45, 2.75) is 0 Å². The number of nitrogens with zero attached hydrogens (tertiary/aromatic N) is 1. The SMILES string of the molecule is CN(C)C(=O)C(=O)c1c[nH]c2cccc(F)c12. The molecule has 1 amide bonds. The highest BCUT2D eigenvalue weighted by atomic mass is 19.1. The smallest absolute Gasteiger partial charge is 0.294 e. The van der Waals surface area contributed by atoms with Gasteiger partial charge in [0.15, 0.2) is 0 Å². The minimum absolute atomic E-state index is 0.0665. The highest BCUT2D eigenvalue weighted by molar-refractivity contribution is 6.44. The highest BCUT2D eigenvalue weighted by Gasteiger charge is 2.22. The second kappa shape index (κ2) is 4.01. The van der Waals surface area contributed by atoms with E-state index in [1.54, 1.807) is 6.07 Å². The van der Waals surface area contributed by atoms with Crippen LogP contribution in [-0.4, -0.2) is 35.7 Å². The maximum absolute atomic E-state index is 13.6. The van der Waals surface area contributed by atoms with Crippen molar-refractivity contribution < 1.29 is 14.0 Å². The van der Waals surface area contributed by atoms with Crippen LogP contribution >= 0.6 is 0 Å². The molecule has 1 N–H and O–H groups in total. The molecule has 17 heavy (non-hydrogen) atoms. The molecule has 0 fully saturated rings. The lowest BCUT2D eigenvalue weighted by molar-refractivity contribution is -0.124. The molecular formula is C12H11FN2O2. The first-order valence-corrected chi connectivity index (χ1v) is 5.04. The molecular weight excluding hydrogens is 223 g/mol. The van der Waals surface area contributed by atoms with Crippen molar-refractivity contribution in [3.8, 4) is 0 Å². The summed E-state index contributed by atoms with van der Waals surface area (Å²) < 4.78 is 13.6. The maximum Gasteiger partial charge on any atom is 0.294 e. The summed E-state index contributed by atoms with van der Waals surface area (Å²) in [7, 11) is 2.96. The summed E-state index contributed by atoms with van der Waals surface area (Å²) in [5.74, 6) is -1.90. The first kappa shape index (κ1) is 11.3. The number of rotatable bonds is 2. The van der Waals surface area contributed by atoms with Gasteiger partial charge in [-0.1, -0.05) is 6.07 Å². The molecule has 1 aromatic heterocycles. The summed E-state index contributed by atoms with van der Waals surface area (Å²) in [6.07, 6.45) is 1.36. The Bertz CT molecular complexity index is 602. The molecule has 2 aromatic rings. The second-order valence-electron chi connectivity index (χ2n) is 3.89. The van der Waals surface area contributed by atoms with E-state index in [0.717, 1.165) is 0 Å². The Kier molecular flexibility index (Phi) is 2.67. The quantitative estimate of drug-likeness (QED) is 0.633. The van der Waals surface area contributed by atoms with Gasteiger partial charge in [0.05, 0.1) is 5.56 Å². The van der Waals surface area contributed by atoms with E-state index in [1.165, 1.54) is 37.3 Å². The number of ketones is 1. The highest BCUT2D eigenvalue weighted by Crippen LogP contribution is 2.22. The third-order valence-corrected chi connectivity index (χ3v) is 2.50. The number of hydrogen-bond donors (Lipinski definition) is 1. The topological polar surface area (TPSA) is 53.2 Å². The zero-order chi connectivity index (χ0) is 12.6. The van der Waals surface area contributed by atoms with Crippen LogP contribution in [0.25, 0.3) is 10.9 Å². The van der Waals surface area contributed by atoms with Gasteiger partial charge in [-0.15, -0.1) is 0 Å². The van der Waals surface area contributed by atoms with E-state index in [1.807, 2.05) is 0 Å².